The molecule has 0 spiro atoms. The Balaban J connectivity index is 1.82. The SMILES string of the molecule is Oc1cccc2[nH]cc(/C=N/Nc3ccc(Br)cc3)c12. The maximum atomic E-state index is 9.88. The Morgan fingerprint density at radius 1 is 1.15 bits per heavy atom. The van der Waals surface area contributed by atoms with Gasteiger partial charge in [0, 0.05) is 21.7 Å². The molecule has 3 aromatic rings. The summed E-state index contributed by atoms with van der Waals surface area (Å²) < 4.78 is 1.02. The number of aromatic amines is 1. The molecule has 3 N–H and O–H groups in total. The molecule has 0 aliphatic carbocycles. The lowest BCUT2D eigenvalue weighted by atomic mass is 10.2. The summed E-state index contributed by atoms with van der Waals surface area (Å²) in [5.74, 6) is 0.244. The van der Waals surface area contributed by atoms with Gasteiger partial charge >= 0.3 is 0 Å². The van der Waals surface area contributed by atoms with Crippen molar-refractivity contribution < 1.29 is 5.11 Å². The number of halogens is 1. The van der Waals surface area contributed by atoms with Gasteiger partial charge in [-0.05, 0) is 36.4 Å². The quantitative estimate of drug-likeness (QED) is 0.500. The van der Waals surface area contributed by atoms with Gasteiger partial charge in [0.05, 0.1) is 17.3 Å². The molecule has 0 fully saturated rings. The van der Waals surface area contributed by atoms with E-state index in [0.29, 0.717) is 0 Å². The van der Waals surface area contributed by atoms with Gasteiger partial charge in [-0.15, -0.1) is 0 Å². The number of hydrogen-bond acceptors (Lipinski definition) is 3. The van der Waals surface area contributed by atoms with E-state index in [1.165, 1.54) is 0 Å². The maximum Gasteiger partial charge on any atom is 0.125 e. The van der Waals surface area contributed by atoms with Gasteiger partial charge in [-0.1, -0.05) is 22.0 Å². The van der Waals surface area contributed by atoms with Crippen molar-refractivity contribution >= 4 is 38.7 Å². The van der Waals surface area contributed by atoms with E-state index in [2.05, 4.69) is 31.4 Å². The first-order valence-electron chi connectivity index (χ1n) is 6.08. The van der Waals surface area contributed by atoms with Gasteiger partial charge in [-0.3, -0.25) is 5.43 Å². The Morgan fingerprint density at radius 2 is 1.95 bits per heavy atom. The van der Waals surface area contributed by atoms with Crippen LogP contribution in [0.25, 0.3) is 10.9 Å². The van der Waals surface area contributed by atoms with Crippen LogP contribution in [0.2, 0.25) is 0 Å². The van der Waals surface area contributed by atoms with Gasteiger partial charge in [0.25, 0.3) is 0 Å². The van der Waals surface area contributed by atoms with E-state index in [1.54, 1.807) is 18.3 Å². The van der Waals surface area contributed by atoms with Crippen LogP contribution in [0.15, 0.2) is 58.2 Å². The predicted molar refractivity (Wildman–Crippen MR) is 85.3 cm³/mol. The topological polar surface area (TPSA) is 60.4 Å². The number of anilines is 1. The third kappa shape index (κ3) is 2.53. The number of benzene rings is 2. The Bertz CT molecular complexity index is 762. The van der Waals surface area contributed by atoms with E-state index < -0.39 is 0 Å². The molecule has 0 bridgehead atoms. The van der Waals surface area contributed by atoms with Gasteiger partial charge in [0.15, 0.2) is 0 Å². The first-order valence-corrected chi connectivity index (χ1v) is 6.87. The second-order valence-electron chi connectivity index (χ2n) is 4.32. The average molecular weight is 330 g/mol. The minimum absolute atomic E-state index is 0.244. The molecule has 3 rings (SSSR count). The van der Waals surface area contributed by atoms with E-state index in [9.17, 15) is 5.11 Å². The molecule has 0 aliphatic heterocycles. The molecule has 0 saturated carbocycles. The number of hydrogen-bond donors (Lipinski definition) is 3. The summed E-state index contributed by atoms with van der Waals surface area (Å²) in [6.45, 7) is 0. The summed E-state index contributed by atoms with van der Waals surface area (Å²) in [5, 5.41) is 14.8. The molecule has 0 aliphatic rings. The predicted octanol–water partition coefficient (Wildman–Crippen LogP) is 4.08. The standard InChI is InChI=1S/C15H12BrN3O/c16-11-4-6-12(7-5-11)19-18-9-10-8-17-13-2-1-3-14(20)15(10)13/h1-9,17,19-20H/b18-9+. The van der Waals surface area contributed by atoms with Crippen LogP contribution in [0.4, 0.5) is 5.69 Å². The van der Waals surface area contributed by atoms with Crippen LogP contribution < -0.4 is 5.43 Å². The minimum Gasteiger partial charge on any atom is -0.507 e. The fourth-order valence-corrected chi connectivity index (χ4v) is 2.26. The maximum absolute atomic E-state index is 9.88. The van der Waals surface area contributed by atoms with E-state index in [-0.39, 0.29) is 5.75 Å². The molecular formula is C15H12BrN3O. The zero-order valence-corrected chi connectivity index (χ0v) is 12.1. The van der Waals surface area contributed by atoms with Crippen molar-refractivity contribution in [1.29, 1.82) is 0 Å². The summed E-state index contributed by atoms with van der Waals surface area (Å²) in [4.78, 5) is 3.10. The molecule has 1 aromatic heterocycles. The first kappa shape index (κ1) is 12.7. The van der Waals surface area contributed by atoms with Crippen LogP contribution in [-0.4, -0.2) is 16.3 Å². The summed E-state index contributed by atoms with van der Waals surface area (Å²) in [6, 6.07) is 13.1. The summed E-state index contributed by atoms with van der Waals surface area (Å²) in [6.07, 6.45) is 3.50. The molecule has 1 heterocycles. The number of H-pyrrole nitrogens is 1. The highest BCUT2D eigenvalue weighted by Crippen LogP contribution is 2.26. The number of aromatic hydroxyl groups is 1. The number of rotatable bonds is 3. The molecule has 0 amide bonds. The zero-order chi connectivity index (χ0) is 13.9. The van der Waals surface area contributed by atoms with Crippen LogP contribution in [0.1, 0.15) is 5.56 Å². The van der Waals surface area contributed by atoms with E-state index >= 15 is 0 Å². The average Bonchev–Trinajstić information content (AvgIpc) is 2.86. The van der Waals surface area contributed by atoms with Crippen LogP contribution in [0.5, 0.6) is 5.75 Å². The highest BCUT2D eigenvalue weighted by Gasteiger charge is 2.05. The Kier molecular flexibility index (Phi) is 3.43. The second-order valence-corrected chi connectivity index (χ2v) is 5.24. The fraction of sp³-hybridized carbons (Fsp3) is 0. The number of fused-ring (bicyclic) bond motifs is 1. The summed E-state index contributed by atoms with van der Waals surface area (Å²) in [7, 11) is 0. The van der Waals surface area contributed by atoms with Crippen molar-refractivity contribution in [2.45, 2.75) is 0 Å². The molecule has 4 nitrogen and oxygen atoms in total. The summed E-state index contributed by atoms with van der Waals surface area (Å²) >= 11 is 3.38. The fourth-order valence-electron chi connectivity index (χ4n) is 1.99. The van der Waals surface area contributed by atoms with Crippen molar-refractivity contribution in [2.24, 2.45) is 5.10 Å². The summed E-state index contributed by atoms with van der Waals surface area (Å²) in [5.41, 5.74) is 5.56. The van der Waals surface area contributed by atoms with E-state index in [0.717, 1.165) is 26.6 Å². The van der Waals surface area contributed by atoms with Gasteiger partial charge in [-0.25, -0.2) is 0 Å². The minimum atomic E-state index is 0.244. The molecule has 5 heteroatoms. The monoisotopic (exact) mass is 329 g/mol. The number of phenols is 1. The third-order valence-corrected chi connectivity index (χ3v) is 3.48. The largest absolute Gasteiger partial charge is 0.507 e. The smallest absolute Gasteiger partial charge is 0.125 e. The molecule has 0 atom stereocenters. The molecule has 20 heavy (non-hydrogen) atoms. The van der Waals surface area contributed by atoms with Crippen LogP contribution >= 0.6 is 15.9 Å². The van der Waals surface area contributed by atoms with E-state index in [1.807, 2.05) is 36.5 Å². The molecule has 2 aromatic carbocycles. The van der Waals surface area contributed by atoms with E-state index in [4.69, 9.17) is 0 Å². The molecular weight excluding hydrogens is 318 g/mol. The van der Waals surface area contributed by atoms with Crippen LogP contribution in [-0.2, 0) is 0 Å². The molecule has 0 unspecified atom stereocenters. The molecule has 0 saturated heterocycles. The third-order valence-electron chi connectivity index (χ3n) is 2.96. The normalized spacial score (nSPS) is 11.2. The molecule has 100 valence electrons. The zero-order valence-electron chi connectivity index (χ0n) is 10.5. The van der Waals surface area contributed by atoms with Gasteiger partial charge < -0.3 is 10.1 Å². The second kappa shape index (κ2) is 5.38. The lowest BCUT2D eigenvalue weighted by Gasteiger charge is -1.99. The Hall–Kier alpha value is -2.27. The van der Waals surface area contributed by atoms with Gasteiger partial charge in [0.1, 0.15) is 5.75 Å². The van der Waals surface area contributed by atoms with Crippen molar-refractivity contribution in [3.8, 4) is 5.75 Å². The Labute approximate surface area is 124 Å². The number of phenolic OH excluding ortho intramolecular Hbond substituents is 1. The lowest BCUT2D eigenvalue weighted by molar-refractivity contribution is 0.481. The number of hydrazone groups is 1. The highest BCUT2D eigenvalue weighted by molar-refractivity contribution is 9.10. The van der Waals surface area contributed by atoms with Gasteiger partial charge in [-0.2, -0.15) is 5.10 Å². The highest BCUT2D eigenvalue weighted by atomic mass is 79.9. The van der Waals surface area contributed by atoms with Crippen molar-refractivity contribution in [2.75, 3.05) is 5.43 Å². The van der Waals surface area contributed by atoms with Crippen molar-refractivity contribution in [3.63, 3.8) is 0 Å². The van der Waals surface area contributed by atoms with Crippen molar-refractivity contribution in [3.05, 3.63) is 58.7 Å². The number of aromatic nitrogens is 1. The molecule has 0 radical (unpaired) electrons. The first-order chi connectivity index (χ1) is 9.74. The van der Waals surface area contributed by atoms with Crippen LogP contribution in [0.3, 0.4) is 0 Å². The lowest BCUT2D eigenvalue weighted by Crippen LogP contribution is -1.89. The number of nitrogens with zero attached hydrogens (tertiary/aromatic N) is 1. The Morgan fingerprint density at radius 3 is 2.75 bits per heavy atom. The van der Waals surface area contributed by atoms with Crippen LogP contribution in [0, 0.1) is 0 Å². The van der Waals surface area contributed by atoms with Crippen molar-refractivity contribution in [1.82, 2.24) is 4.98 Å². The number of nitrogens with one attached hydrogen (secondary N) is 2. The van der Waals surface area contributed by atoms with Gasteiger partial charge in [0.2, 0.25) is 0 Å².